The van der Waals surface area contributed by atoms with Gasteiger partial charge in [0.15, 0.2) is 5.96 Å². The average molecular weight is 477 g/mol. The van der Waals surface area contributed by atoms with Crippen LogP contribution in [-0.2, 0) is 4.74 Å². The lowest BCUT2D eigenvalue weighted by Gasteiger charge is -2.21. The molecule has 26 heavy (non-hydrogen) atoms. The van der Waals surface area contributed by atoms with Gasteiger partial charge in [0.2, 0.25) is 0 Å². The molecule has 0 spiro atoms. The van der Waals surface area contributed by atoms with Crippen LogP contribution in [0.25, 0.3) is 0 Å². The maximum absolute atomic E-state index is 5.97. The molecule has 1 unspecified atom stereocenters. The van der Waals surface area contributed by atoms with Crippen LogP contribution in [0.4, 0.5) is 0 Å². The molecule has 1 aromatic rings. The van der Waals surface area contributed by atoms with Gasteiger partial charge in [-0.25, -0.2) is 0 Å². The Bertz CT molecular complexity index is 513. The van der Waals surface area contributed by atoms with Gasteiger partial charge in [0.1, 0.15) is 11.5 Å². The highest BCUT2D eigenvalue weighted by Gasteiger charge is 2.13. The topological polar surface area (TPSA) is 58.8 Å². The van der Waals surface area contributed by atoms with E-state index < -0.39 is 0 Å². The summed E-state index contributed by atoms with van der Waals surface area (Å²) in [5.41, 5.74) is 0. The molecule has 6 heteroatoms. The van der Waals surface area contributed by atoms with Gasteiger partial charge in [0.25, 0.3) is 0 Å². The van der Waals surface area contributed by atoms with Crippen LogP contribution >= 0.6 is 24.0 Å². The van der Waals surface area contributed by atoms with Gasteiger partial charge in [-0.05, 0) is 58.1 Å². The Kier molecular flexibility index (Phi) is 12.0. The van der Waals surface area contributed by atoms with Crippen molar-refractivity contribution >= 4 is 29.9 Å². The van der Waals surface area contributed by atoms with E-state index in [0.29, 0.717) is 6.10 Å². The molecule has 1 heterocycles. The van der Waals surface area contributed by atoms with Crippen molar-refractivity contribution in [2.24, 2.45) is 4.99 Å². The fraction of sp³-hybridized carbons (Fsp3) is 0.750. The molecule has 5 nitrogen and oxygen atoms in total. The molecule has 0 aliphatic heterocycles. The number of hydrogen-bond donors (Lipinski definition) is 2. The normalized spacial score (nSPS) is 16.8. The first-order chi connectivity index (χ1) is 12.2. The zero-order valence-electron chi connectivity index (χ0n) is 16.6. The number of ether oxygens (including phenoxy) is 1. The predicted octanol–water partition coefficient (Wildman–Crippen LogP) is 4.95. The fourth-order valence-corrected chi connectivity index (χ4v) is 3.25. The van der Waals surface area contributed by atoms with E-state index in [9.17, 15) is 0 Å². The van der Waals surface area contributed by atoms with E-state index in [4.69, 9.17) is 9.15 Å². The van der Waals surface area contributed by atoms with E-state index in [1.54, 1.807) is 7.05 Å². The lowest BCUT2D eigenvalue weighted by Crippen LogP contribution is -2.39. The summed E-state index contributed by atoms with van der Waals surface area (Å²) in [6.45, 7) is 5.87. The summed E-state index contributed by atoms with van der Waals surface area (Å²) in [6.07, 6.45) is 10.6. The maximum atomic E-state index is 5.97. The van der Waals surface area contributed by atoms with Crippen LogP contribution in [0.1, 0.15) is 75.9 Å². The summed E-state index contributed by atoms with van der Waals surface area (Å²) in [5.74, 6) is 2.68. The first-order valence-electron chi connectivity index (χ1n) is 9.84. The van der Waals surface area contributed by atoms with E-state index in [0.717, 1.165) is 43.5 Å². The van der Waals surface area contributed by atoms with Crippen LogP contribution in [-0.4, -0.2) is 32.3 Å². The summed E-state index contributed by atoms with van der Waals surface area (Å²) < 4.78 is 11.6. The first-order valence-corrected chi connectivity index (χ1v) is 9.84. The largest absolute Gasteiger partial charge is 0.464 e. The molecule has 1 aliphatic rings. The van der Waals surface area contributed by atoms with Crippen molar-refractivity contribution < 1.29 is 9.15 Å². The Morgan fingerprint density at radius 3 is 2.65 bits per heavy atom. The molecule has 0 bridgehead atoms. The van der Waals surface area contributed by atoms with E-state index in [1.165, 1.54) is 38.5 Å². The van der Waals surface area contributed by atoms with Crippen molar-refractivity contribution in [3.05, 3.63) is 23.7 Å². The zero-order chi connectivity index (χ0) is 17.9. The van der Waals surface area contributed by atoms with Gasteiger partial charge in [-0.2, -0.15) is 0 Å². The molecular weight excluding hydrogens is 441 g/mol. The number of hydrogen-bond acceptors (Lipinski definition) is 3. The average Bonchev–Trinajstić information content (AvgIpc) is 3.07. The Morgan fingerprint density at radius 2 is 2.00 bits per heavy atom. The molecule has 1 saturated carbocycles. The number of rotatable bonds is 9. The number of nitrogens with zero attached hydrogens (tertiary/aromatic N) is 1. The summed E-state index contributed by atoms with van der Waals surface area (Å²) in [6, 6.07) is 4.09. The lowest BCUT2D eigenvalue weighted by atomic mass is 9.98. The minimum atomic E-state index is 0. The summed E-state index contributed by atoms with van der Waals surface area (Å²) >= 11 is 0. The molecule has 0 radical (unpaired) electrons. The minimum absolute atomic E-state index is 0. The zero-order valence-corrected chi connectivity index (χ0v) is 18.9. The van der Waals surface area contributed by atoms with Crippen LogP contribution in [0.5, 0.6) is 0 Å². The third-order valence-corrected chi connectivity index (χ3v) is 4.78. The highest BCUT2D eigenvalue weighted by molar-refractivity contribution is 14.0. The van der Waals surface area contributed by atoms with Crippen molar-refractivity contribution in [3.8, 4) is 0 Å². The number of furan rings is 1. The van der Waals surface area contributed by atoms with Gasteiger partial charge in [-0.3, -0.25) is 4.99 Å². The number of nitrogens with one attached hydrogen (secondary N) is 2. The first kappa shape index (κ1) is 23.3. The van der Waals surface area contributed by atoms with E-state index in [1.807, 2.05) is 19.1 Å². The Morgan fingerprint density at radius 1 is 1.23 bits per heavy atom. The molecular formula is C20H36IN3O2. The Balaban J connectivity index is 0.00000338. The summed E-state index contributed by atoms with van der Waals surface area (Å²) in [5, 5.41) is 6.74. The molecule has 1 fully saturated rings. The second kappa shape index (κ2) is 13.4. The number of guanidine groups is 1. The van der Waals surface area contributed by atoms with Gasteiger partial charge in [0, 0.05) is 20.2 Å². The SMILES string of the molecule is CN=C(NCCCCCOC1CCCCC1)NC(C)c1ccc(C)o1.I. The van der Waals surface area contributed by atoms with Crippen molar-refractivity contribution in [3.63, 3.8) is 0 Å². The fourth-order valence-electron chi connectivity index (χ4n) is 3.25. The van der Waals surface area contributed by atoms with Gasteiger partial charge in [-0.15, -0.1) is 24.0 Å². The Hall–Kier alpha value is -0.760. The number of aryl methyl sites for hydroxylation is 1. The van der Waals surface area contributed by atoms with Crippen LogP contribution in [0.15, 0.2) is 21.5 Å². The smallest absolute Gasteiger partial charge is 0.191 e. The molecule has 1 aliphatic carbocycles. The highest BCUT2D eigenvalue weighted by atomic mass is 127. The van der Waals surface area contributed by atoms with E-state index >= 15 is 0 Å². The quantitative estimate of drug-likeness (QED) is 0.229. The second-order valence-corrected chi connectivity index (χ2v) is 7.00. The summed E-state index contributed by atoms with van der Waals surface area (Å²) in [7, 11) is 1.80. The maximum Gasteiger partial charge on any atom is 0.191 e. The molecule has 2 N–H and O–H groups in total. The molecule has 2 rings (SSSR count). The number of unbranched alkanes of at least 4 members (excludes halogenated alkanes) is 2. The van der Waals surface area contributed by atoms with Gasteiger partial charge < -0.3 is 19.8 Å². The van der Waals surface area contributed by atoms with Crippen molar-refractivity contribution in [1.29, 1.82) is 0 Å². The van der Waals surface area contributed by atoms with Crippen LogP contribution < -0.4 is 10.6 Å². The van der Waals surface area contributed by atoms with E-state index in [-0.39, 0.29) is 30.0 Å². The van der Waals surface area contributed by atoms with Crippen LogP contribution in [0.2, 0.25) is 0 Å². The molecule has 0 amide bonds. The standard InChI is InChI=1S/C20H35N3O2.HI/c1-16-12-13-19(25-16)17(2)23-20(21-3)22-14-8-5-9-15-24-18-10-6-4-7-11-18;/h12-13,17-18H,4-11,14-15H2,1-3H3,(H2,21,22,23);1H. The van der Waals surface area contributed by atoms with Gasteiger partial charge >= 0.3 is 0 Å². The van der Waals surface area contributed by atoms with Crippen molar-refractivity contribution in [1.82, 2.24) is 10.6 Å². The number of halogens is 1. The van der Waals surface area contributed by atoms with Crippen LogP contribution in [0, 0.1) is 6.92 Å². The lowest BCUT2D eigenvalue weighted by molar-refractivity contribution is 0.0264. The van der Waals surface area contributed by atoms with E-state index in [2.05, 4.69) is 22.5 Å². The monoisotopic (exact) mass is 477 g/mol. The van der Waals surface area contributed by atoms with Crippen molar-refractivity contribution in [2.45, 2.75) is 77.4 Å². The molecule has 150 valence electrons. The van der Waals surface area contributed by atoms with Gasteiger partial charge in [0.05, 0.1) is 12.1 Å². The third kappa shape index (κ3) is 8.75. The second-order valence-electron chi connectivity index (χ2n) is 7.00. The molecule has 0 saturated heterocycles. The Labute approximate surface area is 175 Å². The minimum Gasteiger partial charge on any atom is -0.464 e. The number of aliphatic imine (C=N–C) groups is 1. The predicted molar refractivity (Wildman–Crippen MR) is 118 cm³/mol. The van der Waals surface area contributed by atoms with Crippen LogP contribution in [0.3, 0.4) is 0 Å². The molecule has 1 atom stereocenters. The highest BCUT2D eigenvalue weighted by Crippen LogP contribution is 2.20. The molecule has 0 aromatic carbocycles. The summed E-state index contributed by atoms with van der Waals surface area (Å²) in [4.78, 5) is 4.28. The molecule has 1 aromatic heterocycles. The van der Waals surface area contributed by atoms with Gasteiger partial charge in [-0.1, -0.05) is 19.3 Å². The third-order valence-electron chi connectivity index (χ3n) is 4.78. The van der Waals surface area contributed by atoms with Crippen molar-refractivity contribution in [2.75, 3.05) is 20.2 Å².